The van der Waals surface area contributed by atoms with Crippen molar-refractivity contribution in [3.63, 3.8) is 0 Å². The molecule has 1 fully saturated rings. The first-order chi connectivity index (χ1) is 9.85. The van der Waals surface area contributed by atoms with Gasteiger partial charge in [0.15, 0.2) is 0 Å². The standard InChI is InChI=1S/C15H22N2O3S/c1-12-5-3-7-14(9-12)15(18)17-8-4-6-13(11-17)10-16-21(2,19)20/h3,5,7,9,13,16H,4,6,8,10-11H2,1-2H3. The highest BCUT2D eigenvalue weighted by Gasteiger charge is 2.25. The van der Waals surface area contributed by atoms with E-state index in [0.29, 0.717) is 18.7 Å². The summed E-state index contributed by atoms with van der Waals surface area (Å²) in [5, 5.41) is 0. The molecule has 2 rings (SSSR count). The minimum atomic E-state index is -3.17. The summed E-state index contributed by atoms with van der Waals surface area (Å²) in [7, 11) is -3.17. The number of carbonyl (C=O) groups excluding carboxylic acids is 1. The second-order valence-corrected chi connectivity index (χ2v) is 7.58. The quantitative estimate of drug-likeness (QED) is 0.914. The summed E-state index contributed by atoms with van der Waals surface area (Å²) >= 11 is 0. The Morgan fingerprint density at radius 1 is 1.43 bits per heavy atom. The van der Waals surface area contributed by atoms with Gasteiger partial charge >= 0.3 is 0 Å². The average molecular weight is 310 g/mol. The van der Waals surface area contributed by atoms with Gasteiger partial charge in [-0.25, -0.2) is 13.1 Å². The number of amides is 1. The van der Waals surface area contributed by atoms with E-state index in [0.717, 1.165) is 31.2 Å². The lowest BCUT2D eigenvalue weighted by atomic mass is 9.97. The van der Waals surface area contributed by atoms with Gasteiger partial charge in [0.25, 0.3) is 5.91 Å². The van der Waals surface area contributed by atoms with Crippen LogP contribution in [-0.4, -0.2) is 45.1 Å². The van der Waals surface area contributed by atoms with E-state index >= 15 is 0 Å². The molecule has 1 aromatic rings. The highest BCUT2D eigenvalue weighted by Crippen LogP contribution is 2.18. The average Bonchev–Trinajstić information content (AvgIpc) is 2.44. The van der Waals surface area contributed by atoms with Crippen LogP contribution in [0.15, 0.2) is 24.3 Å². The molecular formula is C15H22N2O3S. The van der Waals surface area contributed by atoms with E-state index in [1.807, 2.05) is 36.1 Å². The third kappa shape index (κ3) is 4.82. The van der Waals surface area contributed by atoms with Gasteiger partial charge in [-0.2, -0.15) is 0 Å². The molecule has 0 aromatic heterocycles. The lowest BCUT2D eigenvalue weighted by molar-refractivity contribution is 0.0676. The fourth-order valence-electron chi connectivity index (χ4n) is 2.65. The number of likely N-dealkylation sites (tertiary alicyclic amines) is 1. The van der Waals surface area contributed by atoms with Gasteiger partial charge in [-0.3, -0.25) is 4.79 Å². The van der Waals surface area contributed by atoms with E-state index in [9.17, 15) is 13.2 Å². The summed E-state index contributed by atoms with van der Waals surface area (Å²) in [5.41, 5.74) is 1.76. The van der Waals surface area contributed by atoms with Crippen LogP contribution in [0.3, 0.4) is 0 Å². The lowest BCUT2D eigenvalue weighted by Gasteiger charge is -2.33. The number of carbonyl (C=O) groups is 1. The van der Waals surface area contributed by atoms with Crippen molar-refractivity contribution in [1.29, 1.82) is 0 Å². The van der Waals surface area contributed by atoms with Gasteiger partial charge in [0, 0.05) is 25.2 Å². The molecule has 1 atom stereocenters. The molecule has 1 heterocycles. The third-order valence-corrected chi connectivity index (χ3v) is 4.40. The zero-order chi connectivity index (χ0) is 15.5. The van der Waals surface area contributed by atoms with Gasteiger partial charge in [0.05, 0.1) is 6.26 Å². The Bertz CT molecular complexity index is 613. The molecule has 0 spiro atoms. The summed E-state index contributed by atoms with van der Waals surface area (Å²) in [5.74, 6) is 0.213. The number of aryl methyl sites for hydroxylation is 1. The van der Waals surface area contributed by atoms with Gasteiger partial charge in [0.2, 0.25) is 10.0 Å². The number of hydrogen-bond donors (Lipinski definition) is 1. The molecule has 6 heteroatoms. The smallest absolute Gasteiger partial charge is 0.253 e. The van der Waals surface area contributed by atoms with Crippen LogP contribution < -0.4 is 4.72 Å². The van der Waals surface area contributed by atoms with Crippen LogP contribution in [0, 0.1) is 12.8 Å². The fourth-order valence-corrected chi connectivity index (χ4v) is 3.18. The first-order valence-electron chi connectivity index (χ1n) is 7.16. The number of piperidine rings is 1. The van der Waals surface area contributed by atoms with Crippen LogP contribution in [-0.2, 0) is 10.0 Å². The first-order valence-corrected chi connectivity index (χ1v) is 9.05. The third-order valence-electron chi connectivity index (χ3n) is 3.71. The first kappa shape index (κ1) is 16.0. The van der Waals surface area contributed by atoms with Gasteiger partial charge in [-0.15, -0.1) is 0 Å². The Hall–Kier alpha value is -1.40. The Kier molecular flexibility index (Phi) is 5.00. The maximum absolute atomic E-state index is 12.5. The fraction of sp³-hybridized carbons (Fsp3) is 0.533. The summed E-state index contributed by atoms with van der Waals surface area (Å²) in [4.78, 5) is 14.3. The van der Waals surface area contributed by atoms with E-state index in [2.05, 4.69) is 4.72 Å². The van der Waals surface area contributed by atoms with Crippen molar-refractivity contribution in [2.75, 3.05) is 25.9 Å². The van der Waals surface area contributed by atoms with E-state index in [4.69, 9.17) is 0 Å². The van der Waals surface area contributed by atoms with Crippen LogP contribution in [0.2, 0.25) is 0 Å². The van der Waals surface area contributed by atoms with Crippen molar-refractivity contribution in [3.8, 4) is 0 Å². The van der Waals surface area contributed by atoms with Crippen LogP contribution >= 0.6 is 0 Å². The Morgan fingerprint density at radius 2 is 2.19 bits per heavy atom. The Morgan fingerprint density at radius 3 is 2.86 bits per heavy atom. The van der Waals surface area contributed by atoms with Crippen molar-refractivity contribution in [3.05, 3.63) is 35.4 Å². The van der Waals surface area contributed by atoms with E-state index in [-0.39, 0.29) is 11.8 Å². The van der Waals surface area contributed by atoms with Crippen molar-refractivity contribution >= 4 is 15.9 Å². The molecule has 0 aliphatic carbocycles. The Balaban J connectivity index is 1.99. The molecule has 0 radical (unpaired) electrons. The highest BCUT2D eigenvalue weighted by molar-refractivity contribution is 7.88. The normalized spacial score (nSPS) is 19.5. The van der Waals surface area contributed by atoms with Crippen LogP contribution in [0.1, 0.15) is 28.8 Å². The number of rotatable bonds is 4. The maximum atomic E-state index is 12.5. The zero-order valence-electron chi connectivity index (χ0n) is 12.5. The van der Waals surface area contributed by atoms with Crippen molar-refractivity contribution in [2.45, 2.75) is 19.8 Å². The van der Waals surface area contributed by atoms with Crippen molar-refractivity contribution < 1.29 is 13.2 Å². The predicted octanol–water partition coefficient (Wildman–Crippen LogP) is 1.40. The monoisotopic (exact) mass is 310 g/mol. The van der Waals surface area contributed by atoms with Gasteiger partial charge in [-0.05, 0) is 37.8 Å². The van der Waals surface area contributed by atoms with E-state index in [1.54, 1.807) is 0 Å². The molecule has 21 heavy (non-hydrogen) atoms. The van der Waals surface area contributed by atoms with Crippen LogP contribution in [0.4, 0.5) is 0 Å². The second-order valence-electron chi connectivity index (χ2n) is 5.75. The molecule has 1 unspecified atom stereocenters. The van der Waals surface area contributed by atoms with E-state index in [1.165, 1.54) is 0 Å². The minimum absolute atomic E-state index is 0.0303. The molecule has 0 saturated carbocycles. The number of sulfonamides is 1. The number of benzene rings is 1. The molecule has 1 aliphatic rings. The van der Waals surface area contributed by atoms with Crippen LogP contribution in [0.25, 0.3) is 0 Å². The summed E-state index contributed by atoms with van der Waals surface area (Å²) in [6, 6.07) is 7.56. The molecule has 0 bridgehead atoms. The summed E-state index contributed by atoms with van der Waals surface area (Å²) < 4.78 is 24.8. The molecule has 5 nitrogen and oxygen atoms in total. The minimum Gasteiger partial charge on any atom is -0.338 e. The van der Waals surface area contributed by atoms with Crippen molar-refractivity contribution in [1.82, 2.24) is 9.62 Å². The molecule has 1 N–H and O–H groups in total. The number of hydrogen-bond acceptors (Lipinski definition) is 3. The van der Waals surface area contributed by atoms with Gasteiger partial charge in [0.1, 0.15) is 0 Å². The SMILES string of the molecule is Cc1cccc(C(=O)N2CCCC(CNS(C)(=O)=O)C2)c1. The lowest BCUT2D eigenvalue weighted by Crippen LogP contribution is -2.43. The second kappa shape index (κ2) is 6.58. The van der Waals surface area contributed by atoms with E-state index < -0.39 is 10.0 Å². The summed E-state index contributed by atoms with van der Waals surface area (Å²) in [6.45, 7) is 3.71. The summed E-state index contributed by atoms with van der Waals surface area (Å²) in [6.07, 6.45) is 3.01. The largest absolute Gasteiger partial charge is 0.338 e. The molecule has 116 valence electrons. The Labute approximate surface area is 126 Å². The topological polar surface area (TPSA) is 66.5 Å². The molecular weight excluding hydrogens is 288 g/mol. The number of nitrogens with zero attached hydrogens (tertiary/aromatic N) is 1. The van der Waals surface area contributed by atoms with Gasteiger partial charge in [-0.1, -0.05) is 17.7 Å². The molecule has 1 saturated heterocycles. The highest BCUT2D eigenvalue weighted by atomic mass is 32.2. The molecule has 1 aromatic carbocycles. The number of nitrogens with one attached hydrogen (secondary N) is 1. The van der Waals surface area contributed by atoms with Crippen molar-refractivity contribution in [2.24, 2.45) is 5.92 Å². The molecule has 1 amide bonds. The van der Waals surface area contributed by atoms with Gasteiger partial charge < -0.3 is 4.90 Å². The zero-order valence-corrected chi connectivity index (χ0v) is 13.3. The van der Waals surface area contributed by atoms with Crippen LogP contribution in [0.5, 0.6) is 0 Å². The molecule has 1 aliphatic heterocycles. The predicted molar refractivity (Wildman–Crippen MR) is 82.7 cm³/mol. The maximum Gasteiger partial charge on any atom is 0.253 e.